The zero-order valence-corrected chi connectivity index (χ0v) is 14.1. The Hall–Kier alpha value is -1.93. The summed E-state index contributed by atoms with van der Waals surface area (Å²) in [6.45, 7) is 6.68. The minimum Gasteiger partial charge on any atom is -0.378 e. The lowest BCUT2D eigenvalue weighted by atomic mass is 10.3. The average molecular weight is 336 g/mol. The molecule has 2 aromatic heterocycles. The van der Waals surface area contributed by atoms with Crippen molar-refractivity contribution in [1.82, 2.24) is 19.9 Å². The van der Waals surface area contributed by atoms with Gasteiger partial charge in [-0.15, -0.1) is 11.3 Å². The molecule has 0 aliphatic carbocycles. The number of rotatable bonds is 4. The Morgan fingerprint density at radius 1 is 1.43 bits per heavy atom. The van der Waals surface area contributed by atoms with Gasteiger partial charge in [-0.2, -0.15) is 4.98 Å². The normalized spacial score (nSPS) is 15.2. The van der Waals surface area contributed by atoms with Gasteiger partial charge in [-0.05, 0) is 25.3 Å². The Labute approximate surface area is 138 Å². The van der Waals surface area contributed by atoms with Crippen LogP contribution in [0.25, 0.3) is 10.7 Å². The van der Waals surface area contributed by atoms with Gasteiger partial charge in [-0.25, -0.2) is 4.79 Å². The Bertz CT molecular complexity index is 635. The molecule has 0 N–H and O–H groups in total. The van der Waals surface area contributed by atoms with Crippen LogP contribution in [0.4, 0.5) is 4.79 Å². The molecule has 23 heavy (non-hydrogen) atoms. The summed E-state index contributed by atoms with van der Waals surface area (Å²) in [5.41, 5.74) is 0. The molecule has 0 aromatic carbocycles. The minimum atomic E-state index is -0.0147. The lowest BCUT2D eigenvalue weighted by Crippen LogP contribution is -2.50. The smallest absolute Gasteiger partial charge is 0.320 e. The van der Waals surface area contributed by atoms with Crippen LogP contribution >= 0.6 is 11.3 Å². The fourth-order valence-electron chi connectivity index (χ4n) is 2.38. The van der Waals surface area contributed by atoms with E-state index < -0.39 is 0 Å². The van der Waals surface area contributed by atoms with Crippen LogP contribution in [0, 0.1) is 0 Å². The molecule has 0 atom stereocenters. The maximum atomic E-state index is 12.7. The van der Waals surface area contributed by atoms with Gasteiger partial charge in [0.2, 0.25) is 11.7 Å². The highest BCUT2D eigenvalue weighted by Crippen LogP contribution is 2.22. The van der Waals surface area contributed by atoms with Crippen LogP contribution in [-0.2, 0) is 11.3 Å². The largest absolute Gasteiger partial charge is 0.378 e. The van der Waals surface area contributed by atoms with Gasteiger partial charge >= 0.3 is 6.03 Å². The molecule has 0 spiro atoms. The fraction of sp³-hybridized carbons (Fsp3) is 0.533. The summed E-state index contributed by atoms with van der Waals surface area (Å²) < 4.78 is 10.6. The van der Waals surface area contributed by atoms with Crippen molar-refractivity contribution >= 4 is 17.4 Å². The number of hydrogen-bond acceptors (Lipinski definition) is 6. The molecule has 1 fully saturated rings. The molecular formula is C15H20N4O3S. The Balaban J connectivity index is 1.71. The first-order valence-electron chi connectivity index (χ1n) is 7.65. The first-order chi connectivity index (χ1) is 11.1. The number of ether oxygens (including phenoxy) is 1. The van der Waals surface area contributed by atoms with E-state index in [-0.39, 0.29) is 12.1 Å². The topological polar surface area (TPSA) is 71.7 Å². The van der Waals surface area contributed by atoms with Crippen molar-refractivity contribution in [2.75, 3.05) is 26.3 Å². The summed E-state index contributed by atoms with van der Waals surface area (Å²) in [5.74, 6) is 1.02. The van der Waals surface area contributed by atoms with E-state index in [0.29, 0.717) is 44.6 Å². The molecule has 0 bridgehead atoms. The van der Waals surface area contributed by atoms with Gasteiger partial charge in [-0.1, -0.05) is 11.2 Å². The first kappa shape index (κ1) is 15.9. The van der Waals surface area contributed by atoms with Crippen molar-refractivity contribution in [3.05, 3.63) is 23.4 Å². The molecule has 0 saturated carbocycles. The summed E-state index contributed by atoms with van der Waals surface area (Å²) in [5, 5.41) is 5.96. The van der Waals surface area contributed by atoms with E-state index in [1.54, 1.807) is 21.1 Å². The van der Waals surface area contributed by atoms with Gasteiger partial charge < -0.3 is 19.1 Å². The summed E-state index contributed by atoms with van der Waals surface area (Å²) in [4.78, 5) is 21.6. The van der Waals surface area contributed by atoms with E-state index in [4.69, 9.17) is 9.26 Å². The van der Waals surface area contributed by atoms with Gasteiger partial charge in [0, 0.05) is 19.1 Å². The number of amides is 2. The molecule has 3 rings (SSSR count). The summed E-state index contributed by atoms with van der Waals surface area (Å²) in [6.07, 6.45) is 0. The second-order valence-electron chi connectivity index (χ2n) is 5.59. The third-order valence-corrected chi connectivity index (χ3v) is 4.53. The Kier molecular flexibility index (Phi) is 4.92. The molecule has 1 aliphatic heterocycles. The maximum absolute atomic E-state index is 12.7. The van der Waals surface area contributed by atoms with Gasteiger partial charge in [0.1, 0.15) is 6.54 Å². The van der Waals surface area contributed by atoms with Gasteiger partial charge in [0.05, 0.1) is 18.1 Å². The van der Waals surface area contributed by atoms with E-state index in [2.05, 4.69) is 10.1 Å². The molecule has 2 aromatic rings. The van der Waals surface area contributed by atoms with Crippen LogP contribution in [0.1, 0.15) is 19.7 Å². The number of morpholine rings is 1. The molecule has 2 amide bonds. The Morgan fingerprint density at radius 2 is 2.22 bits per heavy atom. The maximum Gasteiger partial charge on any atom is 0.320 e. The second-order valence-corrected chi connectivity index (χ2v) is 6.54. The predicted molar refractivity (Wildman–Crippen MR) is 86.1 cm³/mol. The number of carbonyl (C=O) groups is 1. The van der Waals surface area contributed by atoms with Crippen LogP contribution < -0.4 is 0 Å². The summed E-state index contributed by atoms with van der Waals surface area (Å²) in [6, 6.07) is 3.91. The molecule has 8 heteroatoms. The van der Waals surface area contributed by atoms with Crippen molar-refractivity contribution in [2.45, 2.75) is 26.4 Å². The highest BCUT2D eigenvalue weighted by molar-refractivity contribution is 7.13. The lowest BCUT2D eigenvalue weighted by Gasteiger charge is -2.34. The van der Waals surface area contributed by atoms with Gasteiger partial charge in [0.15, 0.2) is 0 Å². The van der Waals surface area contributed by atoms with Crippen LogP contribution in [-0.4, -0.2) is 58.3 Å². The van der Waals surface area contributed by atoms with Crippen molar-refractivity contribution in [3.8, 4) is 10.7 Å². The second kappa shape index (κ2) is 7.10. The molecule has 1 saturated heterocycles. The minimum absolute atomic E-state index is 0.0147. The van der Waals surface area contributed by atoms with Crippen LogP contribution in [0.5, 0.6) is 0 Å². The number of urea groups is 1. The van der Waals surface area contributed by atoms with Crippen LogP contribution in [0.3, 0.4) is 0 Å². The predicted octanol–water partition coefficient (Wildman–Crippen LogP) is 2.46. The summed E-state index contributed by atoms with van der Waals surface area (Å²) >= 11 is 1.56. The number of thiophene rings is 1. The monoisotopic (exact) mass is 336 g/mol. The molecule has 7 nitrogen and oxygen atoms in total. The van der Waals surface area contributed by atoms with Gasteiger partial charge in [-0.3, -0.25) is 0 Å². The van der Waals surface area contributed by atoms with Crippen molar-refractivity contribution in [3.63, 3.8) is 0 Å². The molecule has 0 unspecified atom stereocenters. The van der Waals surface area contributed by atoms with E-state index >= 15 is 0 Å². The van der Waals surface area contributed by atoms with Crippen molar-refractivity contribution in [2.24, 2.45) is 0 Å². The van der Waals surface area contributed by atoms with Gasteiger partial charge in [0.25, 0.3) is 0 Å². The van der Waals surface area contributed by atoms with Crippen molar-refractivity contribution in [1.29, 1.82) is 0 Å². The highest BCUT2D eigenvalue weighted by atomic mass is 32.1. The number of hydrogen-bond donors (Lipinski definition) is 0. The van der Waals surface area contributed by atoms with E-state index in [1.165, 1.54) is 0 Å². The average Bonchev–Trinajstić information content (AvgIpc) is 3.23. The zero-order valence-electron chi connectivity index (χ0n) is 13.3. The van der Waals surface area contributed by atoms with E-state index in [1.807, 2.05) is 31.4 Å². The van der Waals surface area contributed by atoms with Crippen molar-refractivity contribution < 1.29 is 14.1 Å². The first-order valence-corrected chi connectivity index (χ1v) is 8.53. The SMILES string of the molecule is CC(C)N(Cc1nc(-c2cccs2)no1)C(=O)N1CCOCC1. The molecule has 1 aliphatic rings. The van der Waals surface area contributed by atoms with E-state index in [9.17, 15) is 4.79 Å². The third kappa shape index (κ3) is 3.70. The summed E-state index contributed by atoms with van der Waals surface area (Å²) in [7, 11) is 0. The molecule has 124 valence electrons. The standard InChI is InChI=1S/C15H20N4O3S/c1-11(2)19(15(20)18-5-7-21-8-6-18)10-13-16-14(17-22-13)12-4-3-9-23-12/h3-4,9,11H,5-8,10H2,1-2H3. The number of nitrogens with zero attached hydrogens (tertiary/aromatic N) is 4. The fourth-order valence-corrected chi connectivity index (χ4v) is 3.03. The molecule has 0 radical (unpaired) electrons. The quantitative estimate of drug-likeness (QED) is 0.857. The third-order valence-electron chi connectivity index (χ3n) is 3.67. The Morgan fingerprint density at radius 3 is 2.87 bits per heavy atom. The molecule has 3 heterocycles. The number of carbonyl (C=O) groups excluding carboxylic acids is 1. The lowest BCUT2D eigenvalue weighted by molar-refractivity contribution is 0.0385. The van der Waals surface area contributed by atoms with Crippen LogP contribution in [0.15, 0.2) is 22.0 Å². The number of aromatic nitrogens is 2. The van der Waals surface area contributed by atoms with Crippen LogP contribution in [0.2, 0.25) is 0 Å². The zero-order chi connectivity index (χ0) is 16.2. The molecular weight excluding hydrogens is 316 g/mol. The van der Waals surface area contributed by atoms with E-state index in [0.717, 1.165) is 4.88 Å². The highest BCUT2D eigenvalue weighted by Gasteiger charge is 2.26.